The highest BCUT2D eigenvalue weighted by molar-refractivity contribution is 5.84. The summed E-state index contributed by atoms with van der Waals surface area (Å²) in [6.45, 7) is 1.34. The zero-order chi connectivity index (χ0) is 18.6. The van der Waals surface area contributed by atoms with E-state index in [1.807, 2.05) is 42.5 Å². The minimum atomic E-state index is 0.251. The summed E-state index contributed by atoms with van der Waals surface area (Å²) in [5.41, 5.74) is 14.6. The predicted molar refractivity (Wildman–Crippen MR) is 109 cm³/mol. The van der Waals surface area contributed by atoms with Gasteiger partial charge in [0.05, 0.1) is 5.69 Å². The SMILES string of the molecule is NCC(C1CCCCC1)N1Cc2cc(Oc3ccccc3)ccc2N=C1N. The molecule has 1 aliphatic heterocycles. The first-order valence-electron chi connectivity index (χ1n) is 9.91. The van der Waals surface area contributed by atoms with Gasteiger partial charge in [-0.25, -0.2) is 4.99 Å². The summed E-state index contributed by atoms with van der Waals surface area (Å²) in [5, 5.41) is 0. The molecule has 0 amide bonds. The fraction of sp³-hybridized carbons (Fsp3) is 0.409. The van der Waals surface area contributed by atoms with Crippen LogP contribution in [0.1, 0.15) is 37.7 Å². The molecule has 4 N–H and O–H groups in total. The summed E-state index contributed by atoms with van der Waals surface area (Å²) in [6.07, 6.45) is 6.38. The van der Waals surface area contributed by atoms with Gasteiger partial charge in [-0.2, -0.15) is 0 Å². The fourth-order valence-corrected chi connectivity index (χ4v) is 4.32. The van der Waals surface area contributed by atoms with Gasteiger partial charge >= 0.3 is 0 Å². The van der Waals surface area contributed by atoms with Crippen LogP contribution in [0.2, 0.25) is 0 Å². The number of nitrogens with zero attached hydrogens (tertiary/aromatic N) is 2. The Morgan fingerprint density at radius 1 is 1.04 bits per heavy atom. The molecule has 0 saturated heterocycles. The molecule has 1 atom stereocenters. The van der Waals surface area contributed by atoms with Crippen molar-refractivity contribution in [1.82, 2.24) is 4.90 Å². The molecule has 0 aromatic heterocycles. The Morgan fingerprint density at radius 3 is 2.56 bits per heavy atom. The molecule has 2 aromatic carbocycles. The largest absolute Gasteiger partial charge is 0.457 e. The molecule has 2 aliphatic rings. The van der Waals surface area contributed by atoms with Gasteiger partial charge in [-0.3, -0.25) is 0 Å². The molecule has 1 heterocycles. The number of fused-ring (bicyclic) bond motifs is 1. The molecule has 4 rings (SSSR count). The second-order valence-corrected chi connectivity index (χ2v) is 7.50. The van der Waals surface area contributed by atoms with Crippen molar-refractivity contribution < 1.29 is 4.74 Å². The molecule has 1 saturated carbocycles. The number of para-hydroxylation sites is 1. The van der Waals surface area contributed by atoms with E-state index in [4.69, 9.17) is 16.2 Å². The van der Waals surface area contributed by atoms with E-state index in [0.717, 1.165) is 29.3 Å². The third-order valence-electron chi connectivity index (χ3n) is 5.74. The van der Waals surface area contributed by atoms with Crippen LogP contribution in [0.25, 0.3) is 0 Å². The molecule has 0 spiro atoms. The van der Waals surface area contributed by atoms with Crippen LogP contribution in [0.5, 0.6) is 11.5 Å². The lowest BCUT2D eigenvalue weighted by atomic mass is 9.83. The zero-order valence-electron chi connectivity index (χ0n) is 15.7. The second kappa shape index (κ2) is 8.01. The van der Waals surface area contributed by atoms with Crippen LogP contribution in [0, 0.1) is 5.92 Å². The number of hydrogen-bond acceptors (Lipinski definition) is 5. The first kappa shape index (κ1) is 17.9. The van der Waals surface area contributed by atoms with E-state index in [1.165, 1.54) is 32.1 Å². The van der Waals surface area contributed by atoms with Gasteiger partial charge in [0.25, 0.3) is 0 Å². The average molecular weight is 364 g/mol. The first-order chi connectivity index (χ1) is 13.2. The Balaban J connectivity index is 1.55. The van der Waals surface area contributed by atoms with Crippen molar-refractivity contribution in [1.29, 1.82) is 0 Å². The van der Waals surface area contributed by atoms with Gasteiger partial charge in [-0.15, -0.1) is 0 Å². The molecule has 2 aromatic rings. The fourth-order valence-electron chi connectivity index (χ4n) is 4.32. The highest BCUT2D eigenvalue weighted by atomic mass is 16.5. The number of aliphatic imine (C=N–C) groups is 1. The van der Waals surface area contributed by atoms with E-state index < -0.39 is 0 Å². The maximum Gasteiger partial charge on any atom is 0.197 e. The molecule has 1 aliphatic carbocycles. The summed E-state index contributed by atoms with van der Waals surface area (Å²) in [5.74, 6) is 2.83. The van der Waals surface area contributed by atoms with Gasteiger partial charge in [0.2, 0.25) is 0 Å². The summed E-state index contributed by atoms with van der Waals surface area (Å²) >= 11 is 0. The van der Waals surface area contributed by atoms with Gasteiger partial charge in [0.15, 0.2) is 5.96 Å². The van der Waals surface area contributed by atoms with E-state index in [-0.39, 0.29) is 6.04 Å². The number of guanidine groups is 1. The molecular formula is C22H28N4O. The van der Waals surface area contributed by atoms with Crippen LogP contribution in [-0.4, -0.2) is 23.4 Å². The standard InChI is InChI=1S/C22H28N4O/c23-14-21(16-7-3-1-4-8-16)26-15-17-13-19(11-12-20(17)25-22(26)24)27-18-9-5-2-6-10-18/h2,5-6,9-13,16,21H,1,3-4,7-8,14-15,23H2,(H2,24,25). The van der Waals surface area contributed by atoms with Crippen molar-refractivity contribution >= 4 is 11.6 Å². The van der Waals surface area contributed by atoms with Gasteiger partial charge in [0.1, 0.15) is 11.5 Å². The molecule has 5 nitrogen and oxygen atoms in total. The van der Waals surface area contributed by atoms with E-state index in [0.29, 0.717) is 18.4 Å². The Labute approximate surface area is 161 Å². The number of rotatable bonds is 5. The number of ether oxygens (including phenoxy) is 1. The van der Waals surface area contributed by atoms with E-state index in [9.17, 15) is 0 Å². The first-order valence-corrected chi connectivity index (χ1v) is 9.91. The Hall–Kier alpha value is -2.53. The van der Waals surface area contributed by atoms with Gasteiger partial charge < -0.3 is 21.1 Å². The topological polar surface area (TPSA) is 76.9 Å². The highest BCUT2D eigenvalue weighted by Crippen LogP contribution is 2.35. The maximum atomic E-state index is 6.33. The summed E-state index contributed by atoms with van der Waals surface area (Å²) < 4.78 is 5.99. The smallest absolute Gasteiger partial charge is 0.197 e. The van der Waals surface area contributed by atoms with Crippen molar-refractivity contribution in [2.45, 2.75) is 44.7 Å². The number of hydrogen-bond donors (Lipinski definition) is 2. The Bertz CT molecular complexity index is 799. The Morgan fingerprint density at radius 2 is 1.81 bits per heavy atom. The molecule has 0 radical (unpaired) electrons. The highest BCUT2D eigenvalue weighted by Gasteiger charge is 2.31. The summed E-state index contributed by atoms with van der Waals surface area (Å²) in [6, 6.07) is 16.1. The quantitative estimate of drug-likeness (QED) is 0.835. The predicted octanol–water partition coefficient (Wildman–Crippen LogP) is 4.15. The number of nitrogens with two attached hydrogens (primary N) is 2. The van der Waals surface area contributed by atoms with Gasteiger partial charge in [-0.1, -0.05) is 37.5 Å². The van der Waals surface area contributed by atoms with Crippen LogP contribution in [0.15, 0.2) is 53.5 Å². The monoisotopic (exact) mass is 364 g/mol. The van der Waals surface area contributed by atoms with Crippen LogP contribution in [-0.2, 0) is 6.54 Å². The van der Waals surface area contributed by atoms with Gasteiger partial charge in [-0.05, 0) is 49.1 Å². The van der Waals surface area contributed by atoms with Crippen LogP contribution in [0.3, 0.4) is 0 Å². The van der Waals surface area contributed by atoms with Crippen molar-refractivity contribution in [2.24, 2.45) is 22.4 Å². The van der Waals surface area contributed by atoms with Gasteiger partial charge in [0, 0.05) is 24.7 Å². The van der Waals surface area contributed by atoms with Crippen molar-refractivity contribution in [3.8, 4) is 11.5 Å². The minimum Gasteiger partial charge on any atom is -0.457 e. The van der Waals surface area contributed by atoms with Crippen molar-refractivity contribution in [3.63, 3.8) is 0 Å². The molecule has 0 bridgehead atoms. The van der Waals surface area contributed by atoms with E-state index in [2.05, 4.69) is 16.0 Å². The molecular weight excluding hydrogens is 336 g/mol. The van der Waals surface area contributed by atoms with Crippen LogP contribution >= 0.6 is 0 Å². The van der Waals surface area contributed by atoms with E-state index >= 15 is 0 Å². The van der Waals surface area contributed by atoms with Crippen molar-refractivity contribution in [3.05, 3.63) is 54.1 Å². The molecule has 5 heteroatoms. The van der Waals surface area contributed by atoms with Crippen LogP contribution < -0.4 is 16.2 Å². The average Bonchev–Trinajstić information content (AvgIpc) is 2.71. The zero-order valence-corrected chi connectivity index (χ0v) is 15.7. The lowest BCUT2D eigenvalue weighted by Gasteiger charge is -2.40. The minimum absolute atomic E-state index is 0.251. The molecule has 27 heavy (non-hydrogen) atoms. The molecule has 142 valence electrons. The molecule has 1 fully saturated rings. The summed E-state index contributed by atoms with van der Waals surface area (Å²) in [4.78, 5) is 6.85. The lowest BCUT2D eigenvalue weighted by Crippen LogP contribution is -2.52. The maximum absolute atomic E-state index is 6.33. The third-order valence-corrected chi connectivity index (χ3v) is 5.74. The molecule has 1 unspecified atom stereocenters. The normalized spacial score (nSPS) is 18.6. The van der Waals surface area contributed by atoms with Crippen LogP contribution in [0.4, 0.5) is 5.69 Å². The lowest BCUT2D eigenvalue weighted by molar-refractivity contribution is 0.179. The number of benzene rings is 2. The summed E-state index contributed by atoms with van der Waals surface area (Å²) in [7, 11) is 0. The second-order valence-electron chi connectivity index (χ2n) is 7.50. The van der Waals surface area contributed by atoms with E-state index in [1.54, 1.807) is 0 Å². The third kappa shape index (κ3) is 3.93. The van der Waals surface area contributed by atoms with Crippen molar-refractivity contribution in [2.75, 3.05) is 6.54 Å². The Kier molecular flexibility index (Phi) is 5.30.